The molecule has 0 radical (unpaired) electrons. The van der Waals surface area contributed by atoms with Crippen molar-refractivity contribution in [1.29, 1.82) is 0 Å². The number of rotatable bonds is 10. The second kappa shape index (κ2) is 10.1. The lowest BCUT2D eigenvalue weighted by atomic mass is 9.72. The zero-order chi connectivity index (χ0) is 23.3. The van der Waals surface area contributed by atoms with E-state index in [1.54, 1.807) is 7.11 Å². The monoisotopic (exact) mass is 428 g/mol. The first kappa shape index (κ1) is 25.2. The largest absolute Gasteiger partial charge is 0.497 e. The van der Waals surface area contributed by atoms with Crippen LogP contribution in [0.1, 0.15) is 52.2 Å². The van der Waals surface area contributed by atoms with E-state index in [1.807, 2.05) is 24.3 Å². The minimum Gasteiger partial charge on any atom is -0.497 e. The summed E-state index contributed by atoms with van der Waals surface area (Å²) in [5.74, 6) is 1.66. The van der Waals surface area contributed by atoms with Gasteiger partial charge in [0.15, 0.2) is 0 Å². The molecule has 0 saturated carbocycles. The topological polar surface area (TPSA) is 38.7 Å². The molecule has 1 N–H and O–H groups in total. The van der Waals surface area contributed by atoms with E-state index >= 15 is 0 Å². The van der Waals surface area contributed by atoms with E-state index in [0.717, 1.165) is 24.5 Å². The molecular weight excluding hydrogens is 386 g/mol. The SMILES string of the molecule is COc1ccc(C[N+](C)(C)C[C@H](O)COc2ccc(C(C)(C)CC(C)(C)C)cc2)cc1. The highest BCUT2D eigenvalue weighted by atomic mass is 16.5. The molecule has 2 aromatic carbocycles. The standard InChI is InChI=1S/C27H42NO3/c1-26(2,3)20-27(4,5)22-11-15-25(16-12-22)31-19-23(29)18-28(6,7)17-21-9-13-24(30-8)14-10-21/h9-16,23,29H,17-20H2,1-8H3/q+1/t23-/m0/s1. The number of methoxy groups -OCH3 is 1. The quantitative estimate of drug-likeness (QED) is 0.513. The summed E-state index contributed by atoms with van der Waals surface area (Å²) in [5, 5.41) is 10.6. The number of aliphatic hydroxyl groups is 1. The van der Waals surface area contributed by atoms with Gasteiger partial charge in [-0.25, -0.2) is 0 Å². The maximum absolute atomic E-state index is 10.6. The van der Waals surface area contributed by atoms with Gasteiger partial charge < -0.3 is 19.1 Å². The fraction of sp³-hybridized carbons (Fsp3) is 0.556. The maximum atomic E-state index is 10.6. The van der Waals surface area contributed by atoms with Crippen LogP contribution in [-0.4, -0.2) is 50.1 Å². The molecule has 0 aliphatic heterocycles. The van der Waals surface area contributed by atoms with Crippen LogP contribution >= 0.6 is 0 Å². The smallest absolute Gasteiger partial charge is 0.137 e. The van der Waals surface area contributed by atoms with Crippen LogP contribution < -0.4 is 9.47 Å². The fourth-order valence-electron chi connectivity index (χ4n) is 4.54. The van der Waals surface area contributed by atoms with E-state index < -0.39 is 6.10 Å². The molecule has 31 heavy (non-hydrogen) atoms. The van der Waals surface area contributed by atoms with E-state index in [0.29, 0.717) is 11.0 Å². The lowest BCUT2D eigenvalue weighted by molar-refractivity contribution is -0.906. The Balaban J connectivity index is 1.87. The highest BCUT2D eigenvalue weighted by molar-refractivity contribution is 5.32. The molecule has 0 spiro atoms. The summed E-state index contributed by atoms with van der Waals surface area (Å²) < 4.78 is 11.8. The Morgan fingerprint density at radius 2 is 1.42 bits per heavy atom. The lowest BCUT2D eigenvalue weighted by Gasteiger charge is -2.33. The van der Waals surface area contributed by atoms with Crippen LogP contribution in [0.3, 0.4) is 0 Å². The zero-order valence-corrected chi connectivity index (χ0v) is 20.7. The zero-order valence-electron chi connectivity index (χ0n) is 20.7. The Labute approximate surface area is 189 Å². The first-order valence-corrected chi connectivity index (χ1v) is 11.2. The number of likely N-dealkylation sites (N-methyl/N-ethyl adjacent to an activating group) is 1. The van der Waals surface area contributed by atoms with Gasteiger partial charge >= 0.3 is 0 Å². The van der Waals surface area contributed by atoms with Crippen molar-refractivity contribution in [3.05, 3.63) is 59.7 Å². The molecule has 0 fully saturated rings. The highest BCUT2D eigenvalue weighted by Crippen LogP contribution is 2.36. The van der Waals surface area contributed by atoms with Gasteiger partial charge in [-0.15, -0.1) is 0 Å². The summed E-state index contributed by atoms with van der Waals surface area (Å²) in [4.78, 5) is 0. The third-order valence-electron chi connectivity index (χ3n) is 5.53. The van der Waals surface area contributed by atoms with Gasteiger partial charge in [0.1, 0.15) is 37.3 Å². The van der Waals surface area contributed by atoms with Gasteiger partial charge in [-0.2, -0.15) is 0 Å². The van der Waals surface area contributed by atoms with Gasteiger partial charge in [-0.05, 0) is 59.2 Å². The fourth-order valence-corrected chi connectivity index (χ4v) is 4.54. The van der Waals surface area contributed by atoms with Gasteiger partial charge in [-0.3, -0.25) is 0 Å². The summed E-state index contributed by atoms with van der Waals surface area (Å²) in [6, 6.07) is 16.4. The molecule has 4 nitrogen and oxygen atoms in total. The van der Waals surface area contributed by atoms with Crippen LogP contribution in [0.2, 0.25) is 0 Å². The number of quaternary nitrogens is 1. The van der Waals surface area contributed by atoms with Crippen LogP contribution in [0, 0.1) is 5.41 Å². The van der Waals surface area contributed by atoms with E-state index in [-0.39, 0.29) is 17.4 Å². The van der Waals surface area contributed by atoms with Crippen LogP contribution in [0.5, 0.6) is 11.5 Å². The first-order valence-electron chi connectivity index (χ1n) is 11.2. The van der Waals surface area contributed by atoms with Crippen molar-refractivity contribution in [3.63, 3.8) is 0 Å². The number of aliphatic hydroxyl groups excluding tert-OH is 1. The average Bonchev–Trinajstić information content (AvgIpc) is 2.65. The van der Waals surface area contributed by atoms with E-state index in [9.17, 15) is 5.11 Å². The summed E-state index contributed by atoms with van der Waals surface area (Å²) in [5.41, 5.74) is 2.92. The van der Waals surface area contributed by atoms with Crippen LogP contribution in [-0.2, 0) is 12.0 Å². The highest BCUT2D eigenvalue weighted by Gasteiger charge is 2.27. The third-order valence-corrected chi connectivity index (χ3v) is 5.53. The molecule has 0 aliphatic rings. The number of ether oxygens (including phenoxy) is 2. The second-order valence-corrected chi connectivity index (χ2v) is 11.2. The number of benzene rings is 2. The minimum absolute atomic E-state index is 0.110. The minimum atomic E-state index is -0.537. The third kappa shape index (κ3) is 8.54. The Kier molecular flexibility index (Phi) is 8.18. The van der Waals surface area contributed by atoms with Crippen molar-refractivity contribution in [2.24, 2.45) is 5.41 Å². The summed E-state index contributed by atoms with van der Waals surface area (Å²) >= 11 is 0. The van der Waals surface area contributed by atoms with Crippen LogP contribution in [0.4, 0.5) is 0 Å². The summed E-state index contributed by atoms with van der Waals surface area (Å²) in [6.07, 6.45) is 0.574. The number of hydrogen-bond acceptors (Lipinski definition) is 3. The van der Waals surface area contributed by atoms with Crippen molar-refractivity contribution in [2.45, 2.75) is 59.1 Å². The normalized spacial score (nSPS) is 13.7. The molecule has 0 amide bonds. The molecule has 172 valence electrons. The van der Waals surface area contributed by atoms with Gasteiger partial charge in [0.25, 0.3) is 0 Å². The van der Waals surface area contributed by atoms with Crippen LogP contribution in [0.15, 0.2) is 48.5 Å². The Morgan fingerprint density at radius 3 is 1.94 bits per heavy atom. The summed E-state index contributed by atoms with van der Waals surface area (Å²) in [7, 11) is 5.92. The molecule has 0 aromatic heterocycles. The lowest BCUT2D eigenvalue weighted by Crippen LogP contribution is -2.46. The maximum Gasteiger partial charge on any atom is 0.137 e. The van der Waals surface area contributed by atoms with E-state index in [4.69, 9.17) is 9.47 Å². The van der Waals surface area contributed by atoms with E-state index in [1.165, 1.54) is 11.1 Å². The van der Waals surface area contributed by atoms with Gasteiger partial charge in [0.2, 0.25) is 0 Å². The summed E-state index contributed by atoms with van der Waals surface area (Å²) in [6.45, 7) is 13.2. The molecular formula is C27H42NO3+. The molecule has 0 saturated heterocycles. The van der Waals surface area contributed by atoms with Gasteiger partial charge in [0.05, 0.1) is 21.2 Å². The predicted octanol–water partition coefficient (Wildman–Crippen LogP) is 5.43. The molecule has 1 atom stereocenters. The van der Waals surface area contributed by atoms with E-state index in [2.05, 4.69) is 73.0 Å². The molecule has 4 heteroatoms. The van der Waals surface area contributed by atoms with Gasteiger partial charge in [-0.1, -0.05) is 46.8 Å². The molecule has 0 bridgehead atoms. The molecule has 2 aromatic rings. The van der Waals surface area contributed by atoms with Crippen LogP contribution in [0.25, 0.3) is 0 Å². The van der Waals surface area contributed by atoms with Gasteiger partial charge in [0, 0.05) is 5.56 Å². The Hall–Kier alpha value is -2.04. The van der Waals surface area contributed by atoms with Crippen molar-refractivity contribution in [3.8, 4) is 11.5 Å². The number of nitrogens with zero attached hydrogens (tertiary/aromatic N) is 1. The predicted molar refractivity (Wildman–Crippen MR) is 129 cm³/mol. The van der Waals surface area contributed by atoms with Crippen molar-refractivity contribution < 1.29 is 19.1 Å². The van der Waals surface area contributed by atoms with Crippen molar-refractivity contribution in [2.75, 3.05) is 34.4 Å². The molecule has 0 unspecified atom stereocenters. The van der Waals surface area contributed by atoms with Crippen molar-refractivity contribution in [1.82, 2.24) is 0 Å². The van der Waals surface area contributed by atoms with Crippen molar-refractivity contribution >= 4 is 0 Å². The molecule has 2 rings (SSSR count). The molecule has 0 heterocycles. The first-order chi connectivity index (χ1) is 14.3. The Bertz CT molecular complexity index is 802. The Morgan fingerprint density at radius 1 is 0.871 bits per heavy atom. The molecule has 0 aliphatic carbocycles. The average molecular weight is 429 g/mol. The second-order valence-electron chi connectivity index (χ2n) is 11.2. The number of hydrogen-bond donors (Lipinski definition) is 1.